The molecule has 106 valence electrons. The van der Waals surface area contributed by atoms with E-state index in [9.17, 15) is 0 Å². The molecule has 1 saturated heterocycles. The van der Waals surface area contributed by atoms with Crippen LogP contribution in [0, 0.1) is 0 Å². The van der Waals surface area contributed by atoms with Gasteiger partial charge in [-0.2, -0.15) is 0 Å². The van der Waals surface area contributed by atoms with Gasteiger partial charge in [0.15, 0.2) is 0 Å². The van der Waals surface area contributed by atoms with E-state index in [-0.39, 0.29) is 0 Å². The largest absolute Gasteiger partial charge is 0.314 e. The number of hydrogen-bond acceptors (Lipinski definition) is 2. The third-order valence-electron chi connectivity index (χ3n) is 3.96. The van der Waals surface area contributed by atoms with Gasteiger partial charge in [0.05, 0.1) is 0 Å². The van der Waals surface area contributed by atoms with Gasteiger partial charge in [0, 0.05) is 23.1 Å². The van der Waals surface area contributed by atoms with Crippen LogP contribution in [-0.4, -0.2) is 18.6 Å². The van der Waals surface area contributed by atoms with Crippen LogP contribution in [0.15, 0.2) is 24.3 Å². The predicted molar refractivity (Wildman–Crippen MR) is 82.7 cm³/mol. The van der Waals surface area contributed by atoms with Crippen LogP contribution in [0.3, 0.4) is 0 Å². The normalized spacial score (nSPS) is 23.0. The third-order valence-corrected chi connectivity index (χ3v) is 4.30. The van der Waals surface area contributed by atoms with E-state index in [1.165, 1.54) is 37.8 Å². The minimum atomic E-state index is 0.298. The average molecular weight is 281 g/mol. The first-order valence-corrected chi connectivity index (χ1v) is 7.78. The summed E-state index contributed by atoms with van der Waals surface area (Å²) >= 11 is 6.24. The molecule has 3 atom stereocenters. The quantitative estimate of drug-likeness (QED) is 0.854. The molecule has 3 heteroatoms. The molecule has 0 spiro atoms. The maximum Gasteiger partial charge on any atom is 0.0453 e. The van der Waals surface area contributed by atoms with Crippen molar-refractivity contribution in [2.75, 3.05) is 6.54 Å². The van der Waals surface area contributed by atoms with E-state index in [0.29, 0.717) is 18.1 Å². The van der Waals surface area contributed by atoms with E-state index in [4.69, 9.17) is 11.6 Å². The van der Waals surface area contributed by atoms with E-state index in [2.05, 4.69) is 30.5 Å². The Bertz CT molecular complexity index is 388. The Morgan fingerprint density at radius 2 is 2.11 bits per heavy atom. The van der Waals surface area contributed by atoms with Crippen LogP contribution in [-0.2, 0) is 0 Å². The minimum Gasteiger partial charge on any atom is -0.314 e. The maximum absolute atomic E-state index is 6.24. The maximum atomic E-state index is 6.24. The highest BCUT2D eigenvalue weighted by Gasteiger charge is 2.18. The monoisotopic (exact) mass is 280 g/mol. The Balaban J connectivity index is 1.84. The summed E-state index contributed by atoms with van der Waals surface area (Å²) in [7, 11) is 0. The zero-order valence-electron chi connectivity index (χ0n) is 12.0. The Morgan fingerprint density at radius 3 is 2.79 bits per heavy atom. The molecule has 0 radical (unpaired) electrons. The van der Waals surface area contributed by atoms with Crippen molar-refractivity contribution in [2.45, 2.75) is 57.7 Å². The van der Waals surface area contributed by atoms with Crippen molar-refractivity contribution in [1.82, 2.24) is 10.6 Å². The molecule has 0 aromatic heterocycles. The van der Waals surface area contributed by atoms with E-state index < -0.39 is 0 Å². The lowest BCUT2D eigenvalue weighted by molar-refractivity contribution is 0.334. The van der Waals surface area contributed by atoms with E-state index in [0.717, 1.165) is 5.02 Å². The molecule has 1 aliphatic rings. The molecule has 0 saturated carbocycles. The second-order valence-corrected chi connectivity index (χ2v) is 6.10. The van der Waals surface area contributed by atoms with E-state index in [1.807, 2.05) is 18.2 Å². The molecule has 1 fully saturated rings. The van der Waals surface area contributed by atoms with Crippen LogP contribution in [0.25, 0.3) is 0 Å². The number of hydrogen-bond donors (Lipinski definition) is 2. The molecule has 1 aromatic carbocycles. The molecule has 0 aliphatic carbocycles. The first kappa shape index (κ1) is 14.8. The van der Waals surface area contributed by atoms with Crippen LogP contribution in [0.2, 0.25) is 5.02 Å². The number of piperidine rings is 1. The molecule has 1 heterocycles. The van der Waals surface area contributed by atoms with Crippen molar-refractivity contribution in [3.63, 3.8) is 0 Å². The SMILES string of the molecule is CC(CC1CCCCN1)N[C@@H](C)c1ccccc1Cl. The van der Waals surface area contributed by atoms with Gasteiger partial charge in [-0.1, -0.05) is 36.2 Å². The van der Waals surface area contributed by atoms with Crippen molar-refractivity contribution in [3.05, 3.63) is 34.9 Å². The van der Waals surface area contributed by atoms with Gasteiger partial charge in [-0.3, -0.25) is 0 Å². The summed E-state index contributed by atoms with van der Waals surface area (Å²) in [5.74, 6) is 0. The summed E-state index contributed by atoms with van der Waals surface area (Å²) in [4.78, 5) is 0. The fourth-order valence-corrected chi connectivity index (χ4v) is 3.26. The molecular weight excluding hydrogens is 256 g/mol. The molecule has 2 rings (SSSR count). The second kappa shape index (κ2) is 7.28. The van der Waals surface area contributed by atoms with Gasteiger partial charge in [0.2, 0.25) is 0 Å². The van der Waals surface area contributed by atoms with Crippen LogP contribution in [0.5, 0.6) is 0 Å². The van der Waals surface area contributed by atoms with Gasteiger partial charge < -0.3 is 10.6 Å². The summed E-state index contributed by atoms with van der Waals surface area (Å²) in [5.41, 5.74) is 1.19. The average Bonchev–Trinajstić information content (AvgIpc) is 2.40. The highest BCUT2D eigenvalue weighted by atomic mass is 35.5. The molecule has 0 bridgehead atoms. The van der Waals surface area contributed by atoms with Crippen molar-refractivity contribution in [3.8, 4) is 0 Å². The van der Waals surface area contributed by atoms with Gasteiger partial charge in [0.25, 0.3) is 0 Å². The van der Waals surface area contributed by atoms with E-state index in [1.54, 1.807) is 0 Å². The lowest BCUT2D eigenvalue weighted by Crippen LogP contribution is -2.40. The number of halogens is 1. The van der Waals surface area contributed by atoms with Crippen LogP contribution >= 0.6 is 11.6 Å². The van der Waals surface area contributed by atoms with Crippen molar-refractivity contribution in [1.29, 1.82) is 0 Å². The highest BCUT2D eigenvalue weighted by molar-refractivity contribution is 6.31. The minimum absolute atomic E-state index is 0.298. The van der Waals surface area contributed by atoms with Crippen LogP contribution in [0.1, 0.15) is 51.1 Å². The summed E-state index contributed by atoms with van der Waals surface area (Å²) in [6, 6.07) is 9.57. The number of rotatable bonds is 5. The Morgan fingerprint density at radius 1 is 1.32 bits per heavy atom. The number of nitrogens with one attached hydrogen (secondary N) is 2. The fourth-order valence-electron chi connectivity index (χ4n) is 2.96. The zero-order valence-corrected chi connectivity index (χ0v) is 12.7. The summed E-state index contributed by atoms with van der Waals surface area (Å²) in [6.45, 7) is 5.63. The molecular formula is C16H25ClN2. The smallest absolute Gasteiger partial charge is 0.0453 e. The first-order valence-electron chi connectivity index (χ1n) is 7.40. The molecule has 2 unspecified atom stereocenters. The van der Waals surface area contributed by atoms with Gasteiger partial charge in [0.1, 0.15) is 0 Å². The molecule has 1 aromatic rings. The highest BCUT2D eigenvalue weighted by Crippen LogP contribution is 2.23. The van der Waals surface area contributed by atoms with Gasteiger partial charge in [-0.25, -0.2) is 0 Å². The topological polar surface area (TPSA) is 24.1 Å². The third kappa shape index (κ3) is 4.48. The Hall–Kier alpha value is -0.570. The number of benzene rings is 1. The van der Waals surface area contributed by atoms with Crippen LogP contribution < -0.4 is 10.6 Å². The lowest BCUT2D eigenvalue weighted by Gasteiger charge is -2.28. The first-order chi connectivity index (χ1) is 9.16. The van der Waals surface area contributed by atoms with Gasteiger partial charge in [-0.15, -0.1) is 0 Å². The molecule has 19 heavy (non-hydrogen) atoms. The zero-order chi connectivity index (χ0) is 13.7. The fraction of sp³-hybridized carbons (Fsp3) is 0.625. The van der Waals surface area contributed by atoms with Crippen LogP contribution in [0.4, 0.5) is 0 Å². The van der Waals surface area contributed by atoms with E-state index >= 15 is 0 Å². The molecule has 1 aliphatic heterocycles. The predicted octanol–water partition coefficient (Wildman–Crippen LogP) is 3.91. The van der Waals surface area contributed by atoms with Crippen molar-refractivity contribution < 1.29 is 0 Å². The second-order valence-electron chi connectivity index (χ2n) is 5.69. The molecule has 2 nitrogen and oxygen atoms in total. The van der Waals surface area contributed by atoms with Gasteiger partial charge in [-0.05, 0) is 51.3 Å². The molecule has 2 N–H and O–H groups in total. The lowest BCUT2D eigenvalue weighted by atomic mass is 9.98. The summed E-state index contributed by atoms with van der Waals surface area (Å²) in [5, 5.41) is 8.12. The Labute approximate surface area is 121 Å². The van der Waals surface area contributed by atoms with Crippen molar-refractivity contribution >= 4 is 11.6 Å². The standard InChI is InChI=1S/C16H25ClN2/c1-12(11-14-7-5-6-10-18-14)19-13(2)15-8-3-4-9-16(15)17/h3-4,8-9,12-14,18-19H,5-7,10-11H2,1-2H3/t12?,13-,14?/m0/s1. The summed E-state index contributed by atoms with van der Waals surface area (Å²) < 4.78 is 0. The summed E-state index contributed by atoms with van der Waals surface area (Å²) in [6.07, 6.45) is 5.19. The molecule has 0 amide bonds. The van der Waals surface area contributed by atoms with Crippen molar-refractivity contribution in [2.24, 2.45) is 0 Å². The Kier molecular flexibility index (Phi) is 5.68. The van der Waals surface area contributed by atoms with Gasteiger partial charge >= 0.3 is 0 Å².